The van der Waals surface area contributed by atoms with Crippen LogP contribution in [0.1, 0.15) is 18.9 Å². The third-order valence-electron chi connectivity index (χ3n) is 5.39. The van der Waals surface area contributed by atoms with Crippen LogP contribution >= 0.6 is 0 Å². The molecule has 2 fully saturated rings. The quantitative estimate of drug-likeness (QED) is 0.617. The number of likely N-dealkylation sites (tertiary alicyclic amines) is 1. The van der Waals surface area contributed by atoms with Gasteiger partial charge in [0.15, 0.2) is 5.96 Å². The first-order valence-corrected chi connectivity index (χ1v) is 10.1. The molecule has 1 aromatic carbocycles. The van der Waals surface area contributed by atoms with Gasteiger partial charge in [-0.2, -0.15) is 5.10 Å². The zero-order valence-corrected chi connectivity index (χ0v) is 16.5. The number of aliphatic imine (C=N–C) groups is 1. The highest BCUT2D eigenvalue weighted by Gasteiger charge is 2.30. The van der Waals surface area contributed by atoms with E-state index in [2.05, 4.69) is 56.4 Å². The number of nitrogens with one attached hydrogen (secondary N) is 1. The molecular weight excluding hydrogens is 354 g/mol. The van der Waals surface area contributed by atoms with Crippen LogP contribution in [0.2, 0.25) is 0 Å². The van der Waals surface area contributed by atoms with Gasteiger partial charge in [0.1, 0.15) is 12.7 Å². The summed E-state index contributed by atoms with van der Waals surface area (Å²) in [6.07, 6.45) is 4.44. The van der Waals surface area contributed by atoms with Gasteiger partial charge in [-0.25, -0.2) is 14.7 Å². The second-order valence-electron chi connectivity index (χ2n) is 7.21. The molecule has 0 saturated carbocycles. The Labute approximate surface area is 166 Å². The molecule has 28 heavy (non-hydrogen) atoms. The Kier molecular flexibility index (Phi) is 6.18. The molecule has 0 bridgehead atoms. The van der Waals surface area contributed by atoms with Gasteiger partial charge >= 0.3 is 0 Å². The van der Waals surface area contributed by atoms with Gasteiger partial charge < -0.3 is 15.0 Å². The van der Waals surface area contributed by atoms with Crippen LogP contribution in [0.15, 0.2) is 41.9 Å². The summed E-state index contributed by atoms with van der Waals surface area (Å²) in [4.78, 5) is 13.8. The summed E-state index contributed by atoms with van der Waals surface area (Å²) < 4.78 is 7.25. The number of hydrogen-bond acceptors (Lipinski definition) is 5. The minimum atomic E-state index is 0.606. The number of ether oxygens (including phenoxy) is 1. The SMILES string of the molecule is CCNC(=NCc1ccc(-n2cncn2)cc1)N1CCC(N2CCOCC2)C1. The van der Waals surface area contributed by atoms with Crippen molar-refractivity contribution >= 4 is 5.96 Å². The summed E-state index contributed by atoms with van der Waals surface area (Å²) in [6, 6.07) is 8.91. The number of rotatable bonds is 5. The van der Waals surface area contributed by atoms with Gasteiger partial charge in [0.25, 0.3) is 0 Å². The van der Waals surface area contributed by atoms with E-state index in [-0.39, 0.29) is 0 Å². The van der Waals surface area contributed by atoms with Crippen molar-refractivity contribution in [3.8, 4) is 5.69 Å². The summed E-state index contributed by atoms with van der Waals surface area (Å²) in [6.45, 7) is 9.56. The Balaban J connectivity index is 1.38. The Morgan fingerprint density at radius 2 is 2.04 bits per heavy atom. The minimum Gasteiger partial charge on any atom is -0.379 e. The predicted molar refractivity (Wildman–Crippen MR) is 109 cm³/mol. The maximum atomic E-state index is 5.49. The molecule has 0 amide bonds. The molecule has 8 nitrogen and oxygen atoms in total. The zero-order valence-electron chi connectivity index (χ0n) is 16.5. The molecule has 2 aliphatic heterocycles. The summed E-state index contributed by atoms with van der Waals surface area (Å²) in [5, 5.41) is 7.62. The van der Waals surface area contributed by atoms with Crippen molar-refractivity contribution in [3.63, 3.8) is 0 Å². The molecule has 0 aliphatic carbocycles. The number of aromatic nitrogens is 3. The summed E-state index contributed by atoms with van der Waals surface area (Å²) >= 11 is 0. The van der Waals surface area contributed by atoms with Gasteiger partial charge in [0.2, 0.25) is 0 Å². The first-order chi connectivity index (χ1) is 13.8. The van der Waals surface area contributed by atoms with E-state index in [1.165, 1.54) is 12.0 Å². The van der Waals surface area contributed by atoms with E-state index in [0.29, 0.717) is 12.6 Å². The van der Waals surface area contributed by atoms with E-state index < -0.39 is 0 Å². The molecule has 0 radical (unpaired) electrons. The van der Waals surface area contributed by atoms with Crippen molar-refractivity contribution < 1.29 is 4.74 Å². The second kappa shape index (κ2) is 9.16. The Morgan fingerprint density at radius 3 is 2.75 bits per heavy atom. The van der Waals surface area contributed by atoms with Crippen LogP contribution in [0.5, 0.6) is 0 Å². The zero-order chi connectivity index (χ0) is 19.2. The smallest absolute Gasteiger partial charge is 0.194 e. The van der Waals surface area contributed by atoms with E-state index in [0.717, 1.165) is 57.6 Å². The molecule has 1 atom stereocenters. The van der Waals surface area contributed by atoms with Crippen LogP contribution in [-0.4, -0.2) is 82.5 Å². The van der Waals surface area contributed by atoms with Crippen molar-refractivity contribution in [1.82, 2.24) is 29.9 Å². The largest absolute Gasteiger partial charge is 0.379 e. The van der Waals surface area contributed by atoms with Gasteiger partial charge in [-0.05, 0) is 31.0 Å². The summed E-state index contributed by atoms with van der Waals surface area (Å²) in [5.74, 6) is 1.01. The maximum absolute atomic E-state index is 5.49. The van der Waals surface area contributed by atoms with Gasteiger partial charge in [0.05, 0.1) is 25.4 Å². The fraction of sp³-hybridized carbons (Fsp3) is 0.550. The molecule has 8 heteroatoms. The molecule has 1 N–H and O–H groups in total. The molecule has 3 heterocycles. The number of hydrogen-bond donors (Lipinski definition) is 1. The van der Waals surface area contributed by atoms with Crippen molar-refractivity contribution in [2.45, 2.75) is 25.9 Å². The third kappa shape index (κ3) is 4.51. The second-order valence-corrected chi connectivity index (χ2v) is 7.21. The highest BCUT2D eigenvalue weighted by molar-refractivity contribution is 5.80. The minimum absolute atomic E-state index is 0.606. The number of nitrogens with zero attached hydrogens (tertiary/aromatic N) is 6. The van der Waals surface area contributed by atoms with Crippen LogP contribution in [-0.2, 0) is 11.3 Å². The molecule has 1 unspecified atom stereocenters. The molecule has 1 aromatic heterocycles. The monoisotopic (exact) mass is 383 g/mol. The van der Waals surface area contributed by atoms with E-state index >= 15 is 0 Å². The first kappa shape index (κ1) is 18.9. The molecule has 4 rings (SSSR count). The first-order valence-electron chi connectivity index (χ1n) is 10.1. The molecule has 150 valence electrons. The highest BCUT2D eigenvalue weighted by atomic mass is 16.5. The number of morpholine rings is 1. The lowest BCUT2D eigenvalue weighted by molar-refractivity contribution is 0.0195. The molecule has 0 spiro atoms. The third-order valence-corrected chi connectivity index (χ3v) is 5.39. The summed E-state index contributed by atoms with van der Waals surface area (Å²) in [7, 11) is 0. The summed E-state index contributed by atoms with van der Waals surface area (Å²) in [5.41, 5.74) is 2.19. The van der Waals surface area contributed by atoms with Crippen molar-refractivity contribution in [2.75, 3.05) is 45.9 Å². The van der Waals surface area contributed by atoms with Gasteiger partial charge in [-0.1, -0.05) is 12.1 Å². The normalized spacial score (nSPS) is 21.2. The topological polar surface area (TPSA) is 70.8 Å². The van der Waals surface area contributed by atoms with Gasteiger partial charge in [0, 0.05) is 38.8 Å². The van der Waals surface area contributed by atoms with Gasteiger partial charge in [-0.3, -0.25) is 4.90 Å². The number of guanidine groups is 1. The average Bonchev–Trinajstić information content (AvgIpc) is 3.45. The van der Waals surface area contributed by atoms with E-state index in [1.807, 2.05) is 0 Å². The van der Waals surface area contributed by atoms with Crippen LogP contribution in [0, 0.1) is 0 Å². The maximum Gasteiger partial charge on any atom is 0.194 e. The lowest BCUT2D eigenvalue weighted by atomic mass is 10.2. The Bertz CT molecular complexity index is 753. The van der Waals surface area contributed by atoms with E-state index in [1.54, 1.807) is 17.3 Å². The van der Waals surface area contributed by atoms with Crippen molar-refractivity contribution in [3.05, 3.63) is 42.5 Å². The predicted octanol–water partition coefficient (Wildman–Crippen LogP) is 1.14. The van der Waals surface area contributed by atoms with Gasteiger partial charge in [-0.15, -0.1) is 0 Å². The van der Waals surface area contributed by atoms with Crippen molar-refractivity contribution in [1.29, 1.82) is 0 Å². The molecule has 2 saturated heterocycles. The lowest BCUT2D eigenvalue weighted by Crippen LogP contribution is -2.46. The molecular formula is C20H29N7O. The number of benzene rings is 1. The van der Waals surface area contributed by atoms with E-state index in [9.17, 15) is 0 Å². The van der Waals surface area contributed by atoms with Crippen LogP contribution in [0.4, 0.5) is 0 Å². The fourth-order valence-corrected chi connectivity index (χ4v) is 3.86. The Hall–Kier alpha value is -2.45. The Morgan fingerprint density at radius 1 is 1.21 bits per heavy atom. The highest BCUT2D eigenvalue weighted by Crippen LogP contribution is 2.17. The van der Waals surface area contributed by atoms with E-state index in [4.69, 9.17) is 9.73 Å². The average molecular weight is 384 g/mol. The van der Waals surface area contributed by atoms with Crippen LogP contribution in [0.3, 0.4) is 0 Å². The molecule has 2 aromatic rings. The fourth-order valence-electron chi connectivity index (χ4n) is 3.86. The van der Waals surface area contributed by atoms with Crippen molar-refractivity contribution in [2.24, 2.45) is 4.99 Å². The molecule has 2 aliphatic rings. The van der Waals surface area contributed by atoms with Crippen LogP contribution in [0.25, 0.3) is 5.69 Å². The lowest BCUT2D eigenvalue weighted by Gasteiger charge is -2.32. The van der Waals surface area contributed by atoms with Crippen LogP contribution < -0.4 is 5.32 Å². The standard InChI is InChI=1S/C20H29N7O/c1-2-22-20(26-8-7-19(14-26)25-9-11-28-12-10-25)23-13-17-3-5-18(6-4-17)27-16-21-15-24-27/h3-6,15-16,19H,2,7-14H2,1H3,(H,22,23).